The van der Waals surface area contributed by atoms with Crippen LogP contribution in [0.4, 0.5) is 5.82 Å². The van der Waals surface area contributed by atoms with E-state index in [0.717, 1.165) is 50.6 Å². The normalized spacial score (nSPS) is 22.5. The molecule has 1 atom stereocenters. The van der Waals surface area contributed by atoms with Crippen molar-refractivity contribution in [1.29, 1.82) is 0 Å². The lowest BCUT2D eigenvalue weighted by atomic mass is 9.92. The van der Waals surface area contributed by atoms with Gasteiger partial charge in [-0.25, -0.2) is 4.98 Å². The third kappa shape index (κ3) is 5.35. The van der Waals surface area contributed by atoms with E-state index in [1.54, 1.807) is 6.07 Å². The first kappa shape index (κ1) is 21.6. The molecule has 2 aliphatic heterocycles. The molecule has 4 N–H and O–H groups in total. The number of rotatable bonds is 6. The second-order valence-corrected chi connectivity index (χ2v) is 9.12. The van der Waals surface area contributed by atoms with Crippen LogP contribution in [-0.4, -0.2) is 52.8 Å². The van der Waals surface area contributed by atoms with Gasteiger partial charge < -0.3 is 21.3 Å². The molecular weight excluding hydrogens is 394 g/mol. The highest BCUT2D eigenvalue weighted by atomic mass is 16.2. The van der Waals surface area contributed by atoms with Crippen molar-refractivity contribution < 1.29 is 14.4 Å². The minimum Gasteiger partial charge on any atom is -0.383 e. The number of hydrogen-bond acceptors (Lipinski definition) is 5. The van der Waals surface area contributed by atoms with Gasteiger partial charge in [-0.3, -0.25) is 14.4 Å². The molecule has 4 rings (SSSR count). The van der Waals surface area contributed by atoms with Gasteiger partial charge in [-0.2, -0.15) is 0 Å². The fraction of sp³-hybridized carbons (Fsp3) is 0.652. The standard InChI is InChI=1S/C23H33N5O3/c24-22-18(23(31)26-16-3-1-2-4-16)7-8-19(27-22)15-11-13-28(14-12-15)21(30)10-6-17-5-9-20(29)25-17/h7-8,15-17H,1-6,9-14H2,(H2,24,27)(H,25,29)(H,26,31). The molecule has 1 aromatic rings. The van der Waals surface area contributed by atoms with Crippen LogP contribution in [0.5, 0.6) is 0 Å². The summed E-state index contributed by atoms with van der Waals surface area (Å²) >= 11 is 0. The SMILES string of the molecule is Nc1nc(C2CCN(C(=O)CCC3CCC(=O)N3)CC2)ccc1C(=O)NC1CCCC1. The van der Waals surface area contributed by atoms with E-state index in [0.29, 0.717) is 37.9 Å². The number of piperidine rings is 1. The summed E-state index contributed by atoms with van der Waals surface area (Å²) in [6.07, 6.45) is 8.66. The van der Waals surface area contributed by atoms with E-state index in [4.69, 9.17) is 5.73 Å². The van der Waals surface area contributed by atoms with E-state index < -0.39 is 0 Å². The Morgan fingerprint density at radius 3 is 2.52 bits per heavy atom. The summed E-state index contributed by atoms with van der Waals surface area (Å²) in [4.78, 5) is 42.8. The number of nitrogens with one attached hydrogen (secondary N) is 2. The number of pyridine rings is 1. The van der Waals surface area contributed by atoms with Crippen LogP contribution in [0.2, 0.25) is 0 Å². The average Bonchev–Trinajstić information content (AvgIpc) is 3.43. The molecule has 8 heteroatoms. The first-order valence-corrected chi connectivity index (χ1v) is 11.6. The minimum atomic E-state index is -0.137. The summed E-state index contributed by atoms with van der Waals surface area (Å²) in [7, 11) is 0. The summed E-state index contributed by atoms with van der Waals surface area (Å²) in [6.45, 7) is 1.40. The number of aromatic nitrogens is 1. The summed E-state index contributed by atoms with van der Waals surface area (Å²) in [6, 6.07) is 4.09. The maximum absolute atomic E-state index is 12.5. The summed E-state index contributed by atoms with van der Waals surface area (Å²) in [5, 5.41) is 5.98. The second-order valence-electron chi connectivity index (χ2n) is 9.12. The molecule has 1 aromatic heterocycles. The highest BCUT2D eigenvalue weighted by Crippen LogP contribution is 2.29. The van der Waals surface area contributed by atoms with Crippen LogP contribution in [0.15, 0.2) is 12.1 Å². The summed E-state index contributed by atoms with van der Waals surface area (Å²) < 4.78 is 0. The van der Waals surface area contributed by atoms with Gasteiger partial charge in [0.15, 0.2) is 0 Å². The summed E-state index contributed by atoms with van der Waals surface area (Å²) in [5.41, 5.74) is 7.47. The Labute approximate surface area is 183 Å². The molecule has 3 fully saturated rings. The minimum absolute atomic E-state index is 0.0899. The van der Waals surface area contributed by atoms with Crippen molar-refractivity contribution in [2.24, 2.45) is 0 Å². The van der Waals surface area contributed by atoms with Crippen molar-refractivity contribution in [1.82, 2.24) is 20.5 Å². The lowest BCUT2D eigenvalue weighted by molar-refractivity contribution is -0.132. The molecule has 2 saturated heterocycles. The first-order chi connectivity index (χ1) is 15.0. The number of hydrogen-bond donors (Lipinski definition) is 3. The number of nitrogens with zero attached hydrogens (tertiary/aromatic N) is 2. The molecule has 168 valence electrons. The molecule has 1 aliphatic carbocycles. The molecule has 0 radical (unpaired) electrons. The van der Waals surface area contributed by atoms with Crippen LogP contribution in [0, 0.1) is 0 Å². The van der Waals surface area contributed by atoms with Gasteiger partial charge in [-0.15, -0.1) is 0 Å². The number of likely N-dealkylation sites (tertiary alicyclic amines) is 1. The molecule has 0 spiro atoms. The van der Waals surface area contributed by atoms with Crippen molar-refractivity contribution >= 4 is 23.5 Å². The van der Waals surface area contributed by atoms with Crippen LogP contribution in [0.1, 0.15) is 86.2 Å². The Bertz CT molecular complexity index is 829. The third-order valence-corrected chi connectivity index (χ3v) is 6.94. The van der Waals surface area contributed by atoms with Gasteiger partial charge >= 0.3 is 0 Å². The van der Waals surface area contributed by atoms with Crippen LogP contribution >= 0.6 is 0 Å². The topological polar surface area (TPSA) is 117 Å². The largest absolute Gasteiger partial charge is 0.383 e. The molecular formula is C23H33N5O3. The second kappa shape index (κ2) is 9.66. The van der Waals surface area contributed by atoms with Gasteiger partial charge in [0.25, 0.3) is 5.91 Å². The van der Waals surface area contributed by atoms with E-state index in [-0.39, 0.29) is 41.5 Å². The van der Waals surface area contributed by atoms with Gasteiger partial charge in [0.2, 0.25) is 11.8 Å². The Hall–Kier alpha value is -2.64. The Balaban J connectivity index is 1.26. The van der Waals surface area contributed by atoms with E-state index >= 15 is 0 Å². The van der Waals surface area contributed by atoms with Crippen molar-refractivity contribution in [2.75, 3.05) is 18.8 Å². The van der Waals surface area contributed by atoms with E-state index in [2.05, 4.69) is 15.6 Å². The van der Waals surface area contributed by atoms with E-state index in [9.17, 15) is 14.4 Å². The molecule has 0 aromatic carbocycles. The Morgan fingerprint density at radius 1 is 1.13 bits per heavy atom. The molecule has 31 heavy (non-hydrogen) atoms. The van der Waals surface area contributed by atoms with Crippen molar-refractivity contribution in [3.63, 3.8) is 0 Å². The highest BCUT2D eigenvalue weighted by Gasteiger charge is 2.27. The molecule has 0 bridgehead atoms. The molecule has 1 unspecified atom stereocenters. The predicted octanol–water partition coefficient (Wildman–Crippen LogP) is 2.10. The fourth-order valence-corrected chi connectivity index (χ4v) is 5.02. The molecule has 3 amide bonds. The van der Waals surface area contributed by atoms with Gasteiger partial charge in [0.1, 0.15) is 5.82 Å². The lowest BCUT2D eigenvalue weighted by Crippen LogP contribution is -2.39. The Morgan fingerprint density at radius 2 is 1.87 bits per heavy atom. The maximum Gasteiger partial charge on any atom is 0.255 e. The van der Waals surface area contributed by atoms with Crippen molar-refractivity contribution in [3.05, 3.63) is 23.4 Å². The van der Waals surface area contributed by atoms with Crippen LogP contribution in [0.3, 0.4) is 0 Å². The zero-order chi connectivity index (χ0) is 21.8. The molecule has 3 aliphatic rings. The number of anilines is 1. The number of carbonyl (C=O) groups is 3. The van der Waals surface area contributed by atoms with E-state index in [1.165, 1.54) is 0 Å². The van der Waals surface area contributed by atoms with Gasteiger partial charge in [-0.1, -0.05) is 12.8 Å². The van der Waals surface area contributed by atoms with Crippen LogP contribution in [0.25, 0.3) is 0 Å². The smallest absolute Gasteiger partial charge is 0.255 e. The van der Waals surface area contributed by atoms with Crippen molar-refractivity contribution in [3.8, 4) is 0 Å². The quantitative estimate of drug-likeness (QED) is 0.643. The van der Waals surface area contributed by atoms with E-state index in [1.807, 2.05) is 11.0 Å². The molecule has 1 saturated carbocycles. The zero-order valence-corrected chi connectivity index (χ0v) is 18.1. The summed E-state index contributed by atoms with van der Waals surface area (Å²) in [5.74, 6) is 0.637. The van der Waals surface area contributed by atoms with Gasteiger partial charge in [0, 0.05) is 49.6 Å². The zero-order valence-electron chi connectivity index (χ0n) is 18.1. The number of nitrogen functional groups attached to an aromatic ring is 1. The Kier molecular flexibility index (Phi) is 6.73. The molecule has 3 heterocycles. The van der Waals surface area contributed by atoms with Gasteiger partial charge in [-0.05, 0) is 50.7 Å². The first-order valence-electron chi connectivity index (χ1n) is 11.6. The van der Waals surface area contributed by atoms with Crippen LogP contribution < -0.4 is 16.4 Å². The number of carbonyl (C=O) groups excluding carboxylic acids is 3. The fourth-order valence-electron chi connectivity index (χ4n) is 5.02. The maximum atomic E-state index is 12.5. The van der Waals surface area contributed by atoms with Crippen molar-refractivity contribution in [2.45, 2.75) is 82.2 Å². The molecule has 8 nitrogen and oxygen atoms in total. The monoisotopic (exact) mass is 427 g/mol. The average molecular weight is 428 g/mol. The lowest BCUT2D eigenvalue weighted by Gasteiger charge is -2.32. The third-order valence-electron chi connectivity index (χ3n) is 6.94. The predicted molar refractivity (Wildman–Crippen MR) is 117 cm³/mol. The number of nitrogens with two attached hydrogens (primary N) is 1. The van der Waals surface area contributed by atoms with Gasteiger partial charge in [0.05, 0.1) is 5.56 Å². The van der Waals surface area contributed by atoms with Crippen LogP contribution in [-0.2, 0) is 9.59 Å². The number of amides is 3. The highest BCUT2D eigenvalue weighted by molar-refractivity contribution is 5.98.